The van der Waals surface area contributed by atoms with Gasteiger partial charge in [0.15, 0.2) is 23.9 Å². The maximum Gasteiger partial charge on any atom is 0.345 e. The van der Waals surface area contributed by atoms with Gasteiger partial charge in [0, 0.05) is 6.07 Å². The Morgan fingerprint density at radius 1 is 1.20 bits per heavy atom. The third-order valence-electron chi connectivity index (χ3n) is 3.70. The van der Waals surface area contributed by atoms with Crippen molar-refractivity contribution in [2.24, 2.45) is 0 Å². The topological polar surface area (TPSA) is 130 Å². The molecule has 160 valence electrons. The average Bonchev–Trinajstić information content (AvgIpc) is 2.70. The van der Waals surface area contributed by atoms with Crippen molar-refractivity contribution in [3.8, 4) is 11.5 Å². The highest BCUT2D eigenvalue weighted by molar-refractivity contribution is 6.36. The minimum Gasteiger partial charge on any atom is -0.493 e. The quantitative estimate of drug-likeness (QED) is 0.359. The zero-order chi connectivity index (χ0) is 22.4. The SMILES string of the molecule is CCOc1cc([N+](=O)[O-])c(C(=O)OCC(=O)Nc2nc(C)c(Cl)cc2Cl)cc1OC. The Hall–Kier alpha value is -3.11. The second kappa shape index (κ2) is 10.1. The van der Waals surface area contributed by atoms with Crippen LogP contribution in [-0.2, 0) is 9.53 Å². The number of methoxy groups -OCH3 is 1. The lowest BCUT2D eigenvalue weighted by molar-refractivity contribution is -0.385. The number of esters is 1. The Morgan fingerprint density at radius 3 is 2.50 bits per heavy atom. The third-order valence-corrected chi connectivity index (χ3v) is 4.37. The number of nitrogens with one attached hydrogen (secondary N) is 1. The molecule has 1 heterocycles. The number of benzene rings is 1. The zero-order valence-electron chi connectivity index (χ0n) is 16.2. The third kappa shape index (κ3) is 5.49. The van der Waals surface area contributed by atoms with Gasteiger partial charge in [0.2, 0.25) is 0 Å². The first-order valence-corrected chi connectivity index (χ1v) is 9.22. The van der Waals surface area contributed by atoms with E-state index in [0.717, 1.165) is 12.1 Å². The Bertz CT molecular complexity index is 998. The highest BCUT2D eigenvalue weighted by Crippen LogP contribution is 2.35. The van der Waals surface area contributed by atoms with Crippen molar-refractivity contribution in [2.75, 3.05) is 25.6 Å². The fourth-order valence-electron chi connectivity index (χ4n) is 2.31. The molecule has 12 heteroatoms. The summed E-state index contributed by atoms with van der Waals surface area (Å²) >= 11 is 11.8. The van der Waals surface area contributed by atoms with E-state index in [1.54, 1.807) is 13.8 Å². The predicted molar refractivity (Wildman–Crippen MR) is 109 cm³/mol. The van der Waals surface area contributed by atoms with E-state index in [-0.39, 0.29) is 28.9 Å². The normalized spacial score (nSPS) is 10.3. The molecule has 1 aromatic heterocycles. The molecule has 0 unspecified atom stereocenters. The van der Waals surface area contributed by atoms with Crippen LogP contribution in [0.15, 0.2) is 18.2 Å². The molecule has 1 N–H and O–H groups in total. The van der Waals surface area contributed by atoms with Crippen LogP contribution in [0.5, 0.6) is 11.5 Å². The van der Waals surface area contributed by atoms with Gasteiger partial charge in [-0.05, 0) is 19.9 Å². The van der Waals surface area contributed by atoms with Crippen molar-refractivity contribution < 1.29 is 28.7 Å². The molecular weight excluding hydrogens is 441 g/mol. The Kier molecular flexibility index (Phi) is 7.79. The highest BCUT2D eigenvalue weighted by atomic mass is 35.5. The van der Waals surface area contributed by atoms with Gasteiger partial charge < -0.3 is 19.5 Å². The molecule has 0 atom stereocenters. The van der Waals surface area contributed by atoms with Crippen molar-refractivity contribution in [3.63, 3.8) is 0 Å². The van der Waals surface area contributed by atoms with E-state index in [2.05, 4.69) is 10.3 Å². The van der Waals surface area contributed by atoms with E-state index >= 15 is 0 Å². The number of nitrogens with zero attached hydrogens (tertiary/aromatic N) is 2. The summed E-state index contributed by atoms with van der Waals surface area (Å²) in [6.45, 7) is 2.81. The first kappa shape index (κ1) is 23.2. The van der Waals surface area contributed by atoms with Crippen molar-refractivity contribution in [1.82, 2.24) is 4.98 Å². The molecular formula is C18H17Cl2N3O7. The van der Waals surface area contributed by atoms with E-state index in [1.807, 2.05) is 0 Å². The first-order valence-electron chi connectivity index (χ1n) is 8.46. The summed E-state index contributed by atoms with van der Waals surface area (Å²) < 4.78 is 15.3. The highest BCUT2D eigenvalue weighted by Gasteiger charge is 2.26. The number of carbonyl (C=O) groups excluding carboxylic acids is 2. The average molecular weight is 458 g/mol. The number of aromatic nitrogens is 1. The van der Waals surface area contributed by atoms with Crippen LogP contribution in [0.1, 0.15) is 23.0 Å². The predicted octanol–water partition coefficient (Wildman–Crippen LogP) is 3.81. The maximum atomic E-state index is 12.4. The van der Waals surface area contributed by atoms with E-state index in [0.29, 0.717) is 10.7 Å². The van der Waals surface area contributed by atoms with Crippen LogP contribution in [0.4, 0.5) is 11.5 Å². The van der Waals surface area contributed by atoms with Gasteiger partial charge in [-0.15, -0.1) is 0 Å². The standard InChI is InChI=1S/C18H17Cl2N3O7/c1-4-29-15-7-13(23(26)27)10(5-14(15)28-3)18(25)30-8-16(24)22-17-12(20)6-11(19)9(2)21-17/h5-7H,4,8H2,1-3H3,(H,21,22,24). The van der Waals surface area contributed by atoms with Crippen molar-refractivity contribution in [2.45, 2.75) is 13.8 Å². The smallest absolute Gasteiger partial charge is 0.345 e. The van der Waals surface area contributed by atoms with Crippen LogP contribution in [-0.4, -0.2) is 42.1 Å². The van der Waals surface area contributed by atoms with Crippen molar-refractivity contribution in [1.29, 1.82) is 0 Å². The van der Waals surface area contributed by atoms with Gasteiger partial charge in [0.25, 0.3) is 11.6 Å². The lowest BCUT2D eigenvalue weighted by atomic mass is 10.1. The van der Waals surface area contributed by atoms with Gasteiger partial charge in [-0.3, -0.25) is 14.9 Å². The number of hydrogen-bond donors (Lipinski definition) is 1. The minimum absolute atomic E-state index is 0.0355. The molecule has 0 saturated heterocycles. The molecule has 0 aliphatic heterocycles. The number of hydrogen-bond acceptors (Lipinski definition) is 8. The molecule has 1 aromatic carbocycles. The van der Waals surface area contributed by atoms with Crippen LogP contribution in [0.2, 0.25) is 10.0 Å². The number of nitro groups is 1. The van der Waals surface area contributed by atoms with Crippen LogP contribution in [0, 0.1) is 17.0 Å². The number of amides is 1. The Labute approximate surface area is 181 Å². The molecule has 0 spiro atoms. The molecule has 0 fully saturated rings. The summed E-state index contributed by atoms with van der Waals surface area (Å²) in [6, 6.07) is 3.58. The van der Waals surface area contributed by atoms with Crippen LogP contribution >= 0.6 is 23.2 Å². The summed E-state index contributed by atoms with van der Waals surface area (Å²) in [7, 11) is 1.32. The van der Waals surface area contributed by atoms with Crippen molar-refractivity contribution in [3.05, 3.63) is 49.6 Å². The number of nitro benzene ring substituents is 1. The number of pyridine rings is 1. The number of rotatable bonds is 8. The zero-order valence-corrected chi connectivity index (χ0v) is 17.7. The van der Waals surface area contributed by atoms with Gasteiger partial charge in [-0.1, -0.05) is 23.2 Å². The van der Waals surface area contributed by atoms with Gasteiger partial charge in [-0.2, -0.15) is 0 Å². The number of anilines is 1. The van der Waals surface area contributed by atoms with Crippen LogP contribution in [0.3, 0.4) is 0 Å². The van der Waals surface area contributed by atoms with Crippen LogP contribution < -0.4 is 14.8 Å². The summed E-state index contributed by atoms with van der Waals surface area (Å²) in [6.07, 6.45) is 0. The summed E-state index contributed by atoms with van der Waals surface area (Å²) in [5, 5.41) is 14.1. The molecule has 0 saturated carbocycles. The molecule has 0 bridgehead atoms. The van der Waals surface area contributed by atoms with Crippen molar-refractivity contribution >= 4 is 46.6 Å². The van der Waals surface area contributed by atoms with E-state index in [9.17, 15) is 19.7 Å². The first-order chi connectivity index (χ1) is 14.2. The monoisotopic (exact) mass is 457 g/mol. The largest absolute Gasteiger partial charge is 0.493 e. The van der Waals surface area contributed by atoms with E-state index in [1.165, 1.54) is 13.2 Å². The van der Waals surface area contributed by atoms with E-state index in [4.69, 9.17) is 37.4 Å². The summed E-state index contributed by atoms with van der Waals surface area (Å²) in [4.78, 5) is 39.1. The molecule has 2 aromatic rings. The number of aryl methyl sites for hydroxylation is 1. The number of halogens is 2. The second-order valence-electron chi connectivity index (χ2n) is 5.72. The molecule has 1 amide bonds. The molecule has 10 nitrogen and oxygen atoms in total. The van der Waals surface area contributed by atoms with Gasteiger partial charge in [-0.25, -0.2) is 9.78 Å². The molecule has 2 rings (SSSR count). The van der Waals surface area contributed by atoms with Gasteiger partial charge in [0.05, 0.1) is 40.4 Å². The lowest BCUT2D eigenvalue weighted by Crippen LogP contribution is -2.22. The summed E-state index contributed by atoms with van der Waals surface area (Å²) in [5.41, 5.74) is -0.514. The molecule has 0 aliphatic carbocycles. The van der Waals surface area contributed by atoms with E-state index < -0.39 is 34.7 Å². The number of ether oxygens (including phenoxy) is 3. The van der Waals surface area contributed by atoms with Gasteiger partial charge >= 0.3 is 5.97 Å². The number of carbonyl (C=O) groups is 2. The second-order valence-corrected chi connectivity index (χ2v) is 6.54. The van der Waals surface area contributed by atoms with Crippen LogP contribution in [0.25, 0.3) is 0 Å². The maximum absolute atomic E-state index is 12.4. The Morgan fingerprint density at radius 2 is 1.90 bits per heavy atom. The minimum atomic E-state index is -1.09. The summed E-state index contributed by atoms with van der Waals surface area (Å²) in [5.74, 6) is -1.61. The fraction of sp³-hybridized carbons (Fsp3) is 0.278. The molecule has 30 heavy (non-hydrogen) atoms. The molecule has 0 aliphatic rings. The fourth-order valence-corrected chi connectivity index (χ4v) is 2.72. The van der Waals surface area contributed by atoms with Gasteiger partial charge in [0.1, 0.15) is 5.56 Å². The Balaban J connectivity index is 2.16. The lowest BCUT2D eigenvalue weighted by Gasteiger charge is -2.12. The molecule has 0 radical (unpaired) electrons.